The smallest absolute Gasteiger partial charge is 0.330 e. The number of hydrogen-bond acceptors (Lipinski definition) is 7. The summed E-state index contributed by atoms with van der Waals surface area (Å²) in [4.78, 5) is 42.0. The molecule has 12 heteroatoms. The number of hydrogen-bond donors (Lipinski definition) is 3. The highest BCUT2D eigenvalue weighted by Gasteiger charge is 2.26. The van der Waals surface area contributed by atoms with Crippen LogP contribution in [0.1, 0.15) is 44.5 Å². The molecule has 2 aromatic rings. The molecular formula is C22H33N5O6S. The van der Waals surface area contributed by atoms with Crippen LogP contribution in [0.3, 0.4) is 0 Å². The number of nitrogens with zero attached hydrogens (tertiary/aromatic N) is 2. The van der Waals surface area contributed by atoms with Gasteiger partial charge < -0.3 is 15.4 Å². The highest BCUT2D eigenvalue weighted by Crippen LogP contribution is 2.22. The number of nitrogens with two attached hydrogens (primary N) is 1. The number of anilines is 2. The van der Waals surface area contributed by atoms with Gasteiger partial charge in [-0.25, -0.2) is 17.9 Å². The molecule has 0 atom stereocenters. The summed E-state index contributed by atoms with van der Waals surface area (Å²) < 4.78 is 33.9. The molecule has 11 nitrogen and oxygen atoms in total. The number of benzene rings is 1. The van der Waals surface area contributed by atoms with Gasteiger partial charge in [0.25, 0.3) is 11.5 Å². The Hall–Kier alpha value is -2.96. The average Bonchev–Trinajstić information content (AvgIpc) is 2.74. The third-order valence-corrected chi connectivity index (χ3v) is 6.45. The van der Waals surface area contributed by atoms with Crippen molar-refractivity contribution in [2.75, 3.05) is 30.9 Å². The first-order chi connectivity index (χ1) is 15.9. The second kappa shape index (κ2) is 11.4. The molecule has 0 spiro atoms. The van der Waals surface area contributed by atoms with Gasteiger partial charge in [0.15, 0.2) is 5.69 Å². The summed E-state index contributed by atoms with van der Waals surface area (Å²) >= 11 is 0. The maximum absolute atomic E-state index is 13.5. The van der Waals surface area contributed by atoms with E-state index in [0.717, 1.165) is 4.90 Å². The number of nitrogen functional groups attached to an aromatic ring is 1. The number of ether oxygens (including phenoxy) is 1. The SMILES string of the molecule is COCCCN(C(=O)c1cccc(S(=O)(=O)NC(C)C)c1)c1c(N)n(CC(C)C)c(=O)[nH]c1=O. The Kier molecular flexibility index (Phi) is 9.19. The number of rotatable bonds is 11. The number of sulfonamides is 1. The Balaban J connectivity index is 2.61. The third-order valence-electron chi connectivity index (χ3n) is 4.79. The highest BCUT2D eigenvalue weighted by molar-refractivity contribution is 7.89. The molecule has 188 valence electrons. The molecule has 0 aliphatic heterocycles. The topological polar surface area (TPSA) is 157 Å². The summed E-state index contributed by atoms with van der Waals surface area (Å²) in [5.41, 5.74) is 4.62. The Labute approximate surface area is 199 Å². The molecular weight excluding hydrogens is 462 g/mol. The predicted octanol–water partition coefficient (Wildman–Crippen LogP) is 1.14. The second-order valence-electron chi connectivity index (χ2n) is 8.60. The first-order valence-electron chi connectivity index (χ1n) is 10.9. The van der Waals surface area contributed by atoms with Gasteiger partial charge in [0.1, 0.15) is 5.82 Å². The normalized spacial score (nSPS) is 11.9. The van der Waals surface area contributed by atoms with Gasteiger partial charge in [0.05, 0.1) is 4.90 Å². The number of aromatic amines is 1. The minimum atomic E-state index is -3.85. The lowest BCUT2D eigenvalue weighted by molar-refractivity contribution is 0.0983. The van der Waals surface area contributed by atoms with Crippen LogP contribution < -0.4 is 26.6 Å². The molecule has 4 N–H and O–H groups in total. The van der Waals surface area contributed by atoms with Crippen molar-refractivity contribution in [2.24, 2.45) is 5.92 Å². The fourth-order valence-corrected chi connectivity index (χ4v) is 4.69. The van der Waals surface area contributed by atoms with Crippen LogP contribution >= 0.6 is 0 Å². The Morgan fingerprint density at radius 3 is 2.50 bits per heavy atom. The average molecular weight is 496 g/mol. The van der Waals surface area contributed by atoms with Gasteiger partial charge in [-0.15, -0.1) is 0 Å². The molecule has 1 amide bonds. The molecule has 0 aliphatic rings. The standard InChI is InChI=1S/C22H33N5O6S/c1-14(2)13-27-19(23)18(20(28)24-22(27)30)26(10-7-11-33-5)21(29)16-8-6-9-17(12-16)34(31,32)25-15(3)4/h6,8-9,12,14-15,25H,7,10-11,13,23H2,1-5H3,(H,24,28,30). The summed E-state index contributed by atoms with van der Waals surface area (Å²) in [6.07, 6.45) is 0.372. The zero-order valence-electron chi connectivity index (χ0n) is 20.1. The fourth-order valence-electron chi connectivity index (χ4n) is 3.40. The zero-order chi connectivity index (χ0) is 25.6. The molecule has 0 radical (unpaired) electrons. The number of aromatic nitrogens is 2. The van der Waals surface area contributed by atoms with Crippen LogP contribution in [0.5, 0.6) is 0 Å². The lowest BCUT2D eigenvalue weighted by Gasteiger charge is -2.25. The van der Waals surface area contributed by atoms with Crippen LogP contribution in [0.4, 0.5) is 11.5 Å². The van der Waals surface area contributed by atoms with Crippen molar-refractivity contribution < 1.29 is 17.9 Å². The van der Waals surface area contributed by atoms with Crippen LogP contribution in [0, 0.1) is 5.92 Å². The number of amides is 1. The molecule has 0 fully saturated rings. The quantitative estimate of drug-likeness (QED) is 0.395. The summed E-state index contributed by atoms with van der Waals surface area (Å²) in [7, 11) is -2.34. The molecule has 1 aromatic heterocycles. The molecule has 0 saturated carbocycles. The second-order valence-corrected chi connectivity index (χ2v) is 10.3. The monoisotopic (exact) mass is 495 g/mol. The van der Waals surface area contributed by atoms with Gasteiger partial charge in [-0.1, -0.05) is 19.9 Å². The van der Waals surface area contributed by atoms with Crippen LogP contribution in [0.25, 0.3) is 0 Å². The van der Waals surface area contributed by atoms with E-state index in [1.807, 2.05) is 13.8 Å². The van der Waals surface area contributed by atoms with E-state index in [9.17, 15) is 22.8 Å². The van der Waals surface area contributed by atoms with Crippen molar-refractivity contribution in [1.29, 1.82) is 0 Å². The molecule has 0 saturated heterocycles. The van der Waals surface area contributed by atoms with Crippen LogP contribution in [-0.4, -0.2) is 50.2 Å². The van der Waals surface area contributed by atoms with Crippen LogP contribution in [0.15, 0.2) is 38.8 Å². The summed E-state index contributed by atoms with van der Waals surface area (Å²) in [6.45, 7) is 7.74. The summed E-state index contributed by atoms with van der Waals surface area (Å²) in [6, 6.07) is 5.18. The van der Waals surface area contributed by atoms with E-state index in [1.54, 1.807) is 13.8 Å². The number of methoxy groups -OCH3 is 1. The van der Waals surface area contributed by atoms with E-state index >= 15 is 0 Å². The van der Waals surface area contributed by atoms with Crippen molar-refractivity contribution in [2.45, 2.75) is 51.6 Å². The van der Waals surface area contributed by atoms with Crippen LogP contribution in [-0.2, 0) is 21.3 Å². The fraction of sp³-hybridized carbons (Fsp3) is 0.500. The van der Waals surface area contributed by atoms with E-state index in [0.29, 0.717) is 13.0 Å². The Morgan fingerprint density at radius 1 is 1.24 bits per heavy atom. The van der Waals surface area contributed by atoms with Gasteiger partial charge in [-0.2, -0.15) is 0 Å². The van der Waals surface area contributed by atoms with Crippen LogP contribution in [0.2, 0.25) is 0 Å². The maximum Gasteiger partial charge on any atom is 0.330 e. The zero-order valence-corrected chi connectivity index (χ0v) is 20.9. The summed E-state index contributed by atoms with van der Waals surface area (Å²) in [5, 5.41) is 0. The van der Waals surface area contributed by atoms with E-state index in [4.69, 9.17) is 10.5 Å². The van der Waals surface area contributed by atoms with E-state index < -0.39 is 27.2 Å². The first kappa shape index (κ1) is 27.3. The number of carbonyl (C=O) groups excluding carboxylic acids is 1. The van der Waals surface area contributed by atoms with Crippen molar-refractivity contribution in [3.05, 3.63) is 50.7 Å². The Morgan fingerprint density at radius 2 is 1.91 bits per heavy atom. The minimum absolute atomic E-state index is 0.0458. The minimum Gasteiger partial charge on any atom is -0.385 e. The number of carbonyl (C=O) groups is 1. The lowest BCUT2D eigenvalue weighted by atomic mass is 10.1. The van der Waals surface area contributed by atoms with E-state index in [2.05, 4.69) is 9.71 Å². The molecule has 1 aromatic carbocycles. The van der Waals surface area contributed by atoms with Gasteiger partial charge in [-0.3, -0.25) is 19.1 Å². The molecule has 2 rings (SSSR count). The van der Waals surface area contributed by atoms with Crippen molar-refractivity contribution in [3.63, 3.8) is 0 Å². The third kappa shape index (κ3) is 6.55. The molecule has 0 aliphatic carbocycles. The van der Waals surface area contributed by atoms with Gasteiger partial charge in [0.2, 0.25) is 10.0 Å². The Bertz CT molecular complexity index is 1230. The lowest BCUT2D eigenvalue weighted by Crippen LogP contribution is -2.42. The molecule has 0 unspecified atom stereocenters. The summed E-state index contributed by atoms with van der Waals surface area (Å²) in [5.74, 6) is -0.727. The van der Waals surface area contributed by atoms with Crippen molar-refractivity contribution in [1.82, 2.24) is 14.3 Å². The van der Waals surface area contributed by atoms with Crippen molar-refractivity contribution >= 4 is 27.4 Å². The van der Waals surface area contributed by atoms with Gasteiger partial charge in [0, 0.05) is 38.4 Å². The molecule has 1 heterocycles. The number of H-pyrrole nitrogens is 1. The highest BCUT2D eigenvalue weighted by atomic mass is 32.2. The van der Waals surface area contributed by atoms with Crippen molar-refractivity contribution in [3.8, 4) is 0 Å². The first-order valence-corrected chi connectivity index (χ1v) is 12.4. The van der Waals surface area contributed by atoms with Gasteiger partial charge >= 0.3 is 5.69 Å². The largest absolute Gasteiger partial charge is 0.385 e. The predicted molar refractivity (Wildman–Crippen MR) is 131 cm³/mol. The number of nitrogens with one attached hydrogen (secondary N) is 2. The molecule has 34 heavy (non-hydrogen) atoms. The van der Waals surface area contributed by atoms with Gasteiger partial charge in [-0.05, 0) is 44.4 Å². The molecule has 0 bridgehead atoms. The maximum atomic E-state index is 13.5. The van der Waals surface area contributed by atoms with E-state index in [1.165, 1.54) is 35.9 Å². The van der Waals surface area contributed by atoms with E-state index in [-0.39, 0.29) is 47.0 Å².